The number of hydrogen-bond acceptors (Lipinski definition) is 9. The van der Waals surface area contributed by atoms with Gasteiger partial charge in [0.15, 0.2) is 0 Å². The van der Waals surface area contributed by atoms with Crippen molar-refractivity contribution in [3.63, 3.8) is 0 Å². The standard InChI is InChI=1S/C26H32N4O7/c1-16(32)28-23-12-18-19(14-30(21(18)13-27-23)24(33)37-25(2,3)4)20-10-17(36-9-7-31)11-22(29-20)26(34-5)6-8-35-15-26/h10-14,31H,6-9,15H2,1-5H3,(H,27,28,32)/t26-/m0/s1. The van der Waals surface area contributed by atoms with Crippen LogP contribution in [-0.4, -0.2) is 70.8 Å². The van der Waals surface area contributed by atoms with Crippen molar-refractivity contribution in [1.82, 2.24) is 14.5 Å². The molecule has 1 aliphatic heterocycles. The molecule has 3 aromatic rings. The number of carbonyl (C=O) groups excluding carboxylic acids is 2. The highest BCUT2D eigenvalue weighted by atomic mass is 16.6. The predicted octanol–water partition coefficient (Wildman–Crippen LogP) is 3.47. The zero-order valence-electron chi connectivity index (χ0n) is 21.7. The second-order valence-electron chi connectivity index (χ2n) is 9.81. The Balaban J connectivity index is 1.92. The summed E-state index contributed by atoms with van der Waals surface area (Å²) in [5.74, 6) is 0.531. The fourth-order valence-corrected chi connectivity index (χ4v) is 4.18. The van der Waals surface area contributed by atoms with Gasteiger partial charge in [0.2, 0.25) is 5.91 Å². The van der Waals surface area contributed by atoms with Gasteiger partial charge in [-0.15, -0.1) is 0 Å². The molecule has 1 fully saturated rings. The second-order valence-corrected chi connectivity index (χ2v) is 9.81. The number of hydrogen-bond donors (Lipinski definition) is 2. The smallest absolute Gasteiger partial charge is 0.419 e. The first kappa shape index (κ1) is 26.5. The molecule has 1 aliphatic rings. The molecule has 198 valence electrons. The van der Waals surface area contributed by atoms with Gasteiger partial charge in [0.1, 0.15) is 29.4 Å². The lowest BCUT2D eigenvalue weighted by molar-refractivity contribution is -0.114. The minimum Gasteiger partial charge on any atom is -0.491 e. The molecular weight excluding hydrogens is 480 g/mol. The normalized spacial score (nSPS) is 17.7. The van der Waals surface area contributed by atoms with Gasteiger partial charge in [0.25, 0.3) is 0 Å². The summed E-state index contributed by atoms with van der Waals surface area (Å²) in [6, 6.07) is 5.18. The summed E-state index contributed by atoms with van der Waals surface area (Å²) in [4.78, 5) is 34.0. The number of rotatable bonds is 7. The van der Waals surface area contributed by atoms with E-state index in [0.717, 1.165) is 0 Å². The Kier molecular flexibility index (Phi) is 7.49. The molecule has 11 heteroatoms. The van der Waals surface area contributed by atoms with Gasteiger partial charge in [-0.05, 0) is 26.8 Å². The molecule has 3 aromatic heterocycles. The highest BCUT2D eigenvalue weighted by molar-refractivity contribution is 6.02. The Morgan fingerprint density at radius 3 is 2.68 bits per heavy atom. The van der Waals surface area contributed by atoms with E-state index in [1.54, 1.807) is 52.3 Å². The molecule has 0 bridgehead atoms. The number of aliphatic hydroxyl groups excluding tert-OH is 1. The van der Waals surface area contributed by atoms with Gasteiger partial charge in [-0.2, -0.15) is 0 Å². The van der Waals surface area contributed by atoms with Crippen molar-refractivity contribution in [2.45, 2.75) is 45.3 Å². The van der Waals surface area contributed by atoms with E-state index in [1.165, 1.54) is 17.7 Å². The maximum atomic E-state index is 13.1. The van der Waals surface area contributed by atoms with E-state index in [0.29, 0.717) is 59.1 Å². The van der Waals surface area contributed by atoms with Crippen molar-refractivity contribution in [3.05, 3.63) is 36.3 Å². The van der Waals surface area contributed by atoms with Crippen LogP contribution in [0, 0.1) is 0 Å². The van der Waals surface area contributed by atoms with E-state index in [9.17, 15) is 14.7 Å². The first-order chi connectivity index (χ1) is 17.5. The van der Waals surface area contributed by atoms with Gasteiger partial charge in [-0.3, -0.25) is 9.36 Å². The van der Waals surface area contributed by atoms with Gasteiger partial charge in [0.05, 0.1) is 36.3 Å². The number of aromatic nitrogens is 3. The highest BCUT2D eigenvalue weighted by Gasteiger charge is 2.39. The Morgan fingerprint density at radius 1 is 1.27 bits per heavy atom. The van der Waals surface area contributed by atoms with Gasteiger partial charge < -0.3 is 29.4 Å². The SMILES string of the molecule is CO[C@@]1(c2cc(OCCO)cc(-c3cn(C(=O)OC(C)(C)C)c4cnc(NC(C)=O)cc34)n2)CCOC1. The molecule has 0 spiro atoms. The van der Waals surface area contributed by atoms with Crippen LogP contribution >= 0.6 is 0 Å². The Morgan fingerprint density at radius 2 is 2.05 bits per heavy atom. The average molecular weight is 513 g/mol. The molecule has 1 atom stereocenters. The second kappa shape index (κ2) is 10.4. The van der Waals surface area contributed by atoms with E-state index < -0.39 is 17.3 Å². The summed E-state index contributed by atoms with van der Waals surface area (Å²) in [5.41, 5.74) is 0.701. The third kappa shape index (κ3) is 5.74. The van der Waals surface area contributed by atoms with Crippen LogP contribution in [0.1, 0.15) is 39.8 Å². The van der Waals surface area contributed by atoms with Gasteiger partial charge in [-0.1, -0.05) is 0 Å². The van der Waals surface area contributed by atoms with Crippen molar-refractivity contribution in [2.75, 3.05) is 38.9 Å². The number of ether oxygens (including phenoxy) is 4. The lowest BCUT2D eigenvalue weighted by Crippen LogP contribution is -2.30. The van der Waals surface area contributed by atoms with Crippen LogP contribution in [0.4, 0.5) is 10.6 Å². The number of amides is 1. The maximum absolute atomic E-state index is 13.1. The minimum atomic E-state index is -0.764. The Hall–Kier alpha value is -3.54. The monoisotopic (exact) mass is 512 g/mol. The number of fused-ring (bicyclic) bond motifs is 1. The van der Waals surface area contributed by atoms with Crippen molar-refractivity contribution in [2.24, 2.45) is 0 Å². The van der Waals surface area contributed by atoms with E-state index >= 15 is 0 Å². The van der Waals surface area contributed by atoms with Crippen molar-refractivity contribution in [3.8, 4) is 17.0 Å². The van der Waals surface area contributed by atoms with E-state index in [-0.39, 0.29) is 19.1 Å². The van der Waals surface area contributed by atoms with Crippen LogP contribution < -0.4 is 10.1 Å². The fourth-order valence-electron chi connectivity index (χ4n) is 4.18. The minimum absolute atomic E-state index is 0.0929. The average Bonchev–Trinajstić information content (AvgIpc) is 3.47. The molecule has 37 heavy (non-hydrogen) atoms. The molecule has 0 aromatic carbocycles. The summed E-state index contributed by atoms with van der Waals surface area (Å²) < 4.78 is 24.2. The molecule has 1 amide bonds. The maximum Gasteiger partial charge on any atom is 0.419 e. The zero-order chi connectivity index (χ0) is 26.8. The van der Waals surface area contributed by atoms with E-state index in [4.69, 9.17) is 23.9 Å². The van der Waals surface area contributed by atoms with Crippen molar-refractivity contribution < 1.29 is 33.6 Å². The quantitative estimate of drug-likeness (QED) is 0.488. The molecule has 0 aliphatic carbocycles. The third-order valence-corrected chi connectivity index (χ3v) is 5.86. The highest BCUT2D eigenvalue weighted by Crippen LogP contribution is 2.38. The first-order valence-electron chi connectivity index (χ1n) is 12.0. The van der Waals surface area contributed by atoms with E-state index in [2.05, 4.69) is 10.3 Å². The lowest BCUT2D eigenvalue weighted by Gasteiger charge is -2.26. The largest absolute Gasteiger partial charge is 0.491 e. The van der Waals surface area contributed by atoms with E-state index in [1.807, 2.05) is 0 Å². The van der Waals surface area contributed by atoms with Crippen LogP contribution in [0.3, 0.4) is 0 Å². The molecule has 0 unspecified atom stereocenters. The Labute approximate surface area is 214 Å². The van der Waals surface area contributed by atoms with Gasteiger partial charge >= 0.3 is 6.09 Å². The lowest BCUT2D eigenvalue weighted by atomic mass is 9.96. The molecule has 2 N–H and O–H groups in total. The number of anilines is 1. The van der Waals surface area contributed by atoms with Crippen LogP contribution in [0.15, 0.2) is 30.6 Å². The summed E-state index contributed by atoms with van der Waals surface area (Å²) in [7, 11) is 1.61. The fraction of sp³-hybridized carbons (Fsp3) is 0.462. The van der Waals surface area contributed by atoms with Crippen LogP contribution in [-0.2, 0) is 24.6 Å². The van der Waals surface area contributed by atoms with Gasteiger partial charge in [-0.25, -0.2) is 14.8 Å². The summed E-state index contributed by atoms with van der Waals surface area (Å²) in [5, 5.41) is 12.6. The number of pyridine rings is 2. The topological polar surface area (TPSA) is 134 Å². The third-order valence-electron chi connectivity index (χ3n) is 5.86. The number of nitrogens with zero attached hydrogens (tertiary/aromatic N) is 3. The summed E-state index contributed by atoms with van der Waals surface area (Å²) in [6.07, 6.45) is 3.16. The number of nitrogens with one attached hydrogen (secondary N) is 1. The summed E-state index contributed by atoms with van der Waals surface area (Å²) >= 11 is 0. The van der Waals surface area contributed by atoms with Gasteiger partial charge in [0, 0.05) is 56.3 Å². The number of methoxy groups -OCH3 is 1. The number of aliphatic hydroxyl groups is 1. The Bertz CT molecular complexity index is 1310. The molecular formula is C26H32N4O7. The summed E-state index contributed by atoms with van der Waals surface area (Å²) in [6.45, 7) is 7.54. The molecule has 0 saturated carbocycles. The number of carbonyl (C=O) groups is 2. The molecule has 4 rings (SSSR count). The molecule has 0 radical (unpaired) electrons. The van der Waals surface area contributed by atoms with Crippen molar-refractivity contribution in [1.29, 1.82) is 0 Å². The van der Waals surface area contributed by atoms with Crippen LogP contribution in [0.2, 0.25) is 0 Å². The van der Waals surface area contributed by atoms with Crippen molar-refractivity contribution >= 4 is 28.7 Å². The first-order valence-corrected chi connectivity index (χ1v) is 12.0. The van der Waals surface area contributed by atoms with Crippen LogP contribution in [0.5, 0.6) is 5.75 Å². The van der Waals surface area contributed by atoms with Crippen LogP contribution in [0.25, 0.3) is 22.2 Å². The predicted molar refractivity (Wildman–Crippen MR) is 136 cm³/mol. The molecule has 1 saturated heterocycles. The molecule has 11 nitrogen and oxygen atoms in total. The molecule has 4 heterocycles. The zero-order valence-corrected chi connectivity index (χ0v) is 21.7.